The van der Waals surface area contributed by atoms with Gasteiger partial charge in [0.25, 0.3) is 5.91 Å². The molecule has 0 saturated heterocycles. The summed E-state index contributed by atoms with van der Waals surface area (Å²) in [6, 6.07) is 8.69. The molecule has 28 heavy (non-hydrogen) atoms. The second kappa shape index (κ2) is 8.13. The minimum atomic E-state index is -0.170. The average molecular weight is 437 g/mol. The lowest BCUT2D eigenvalue weighted by Gasteiger charge is -2.32. The summed E-state index contributed by atoms with van der Waals surface area (Å²) in [6.07, 6.45) is 3.29. The summed E-state index contributed by atoms with van der Waals surface area (Å²) >= 11 is 12.1. The Balaban J connectivity index is 0.00000225. The minimum Gasteiger partial charge on any atom is -0.390 e. The molecule has 0 unspecified atom stereocenters. The highest BCUT2D eigenvalue weighted by Crippen LogP contribution is 2.34. The van der Waals surface area contributed by atoms with Crippen molar-refractivity contribution in [1.82, 2.24) is 14.8 Å². The highest BCUT2D eigenvalue weighted by atomic mass is 35.5. The molecule has 0 saturated carbocycles. The molecular formula is C19H18Cl2N4O2S. The van der Waals surface area contributed by atoms with Crippen molar-refractivity contribution in [2.24, 2.45) is 0 Å². The van der Waals surface area contributed by atoms with Crippen LogP contribution in [0.1, 0.15) is 29.1 Å². The van der Waals surface area contributed by atoms with Gasteiger partial charge in [0.2, 0.25) is 0 Å². The number of nitrogens with zero attached hydrogens (tertiary/aromatic N) is 4. The first-order valence-corrected chi connectivity index (χ1v) is 9.15. The molecule has 1 aliphatic heterocycles. The van der Waals surface area contributed by atoms with Crippen LogP contribution in [-0.2, 0) is 6.61 Å². The van der Waals surface area contributed by atoms with Crippen LogP contribution in [0.15, 0.2) is 42.7 Å². The number of pyridine rings is 1. The molecule has 4 rings (SSSR count). The smallest absolute Gasteiger partial charge is 0.277 e. The lowest BCUT2D eigenvalue weighted by molar-refractivity contribution is 0.0954. The summed E-state index contributed by atoms with van der Waals surface area (Å²) in [5, 5.41) is 14.6. The van der Waals surface area contributed by atoms with E-state index in [1.807, 2.05) is 6.92 Å². The van der Waals surface area contributed by atoms with Gasteiger partial charge in [-0.1, -0.05) is 23.2 Å². The van der Waals surface area contributed by atoms with E-state index in [0.717, 1.165) is 5.56 Å². The molecule has 6 nitrogen and oxygen atoms in total. The molecule has 3 heterocycles. The molecule has 2 aromatic heterocycles. The van der Waals surface area contributed by atoms with Crippen molar-refractivity contribution in [3.63, 3.8) is 0 Å². The number of amides is 1. The third-order valence-electron chi connectivity index (χ3n) is 4.61. The third kappa shape index (κ3) is 3.51. The maximum absolute atomic E-state index is 13.3. The first kappa shape index (κ1) is 20.7. The number of aromatic nitrogens is 3. The number of fused-ring (bicyclic) bond motifs is 1. The largest absolute Gasteiger partial charge is 0.390 e. The lowest BCUT2D eigenvalue weighted by Crippen LogP contribution is -2.42. The standard InChI is InChI=1S/C19H16Cl2N4O2.H2S/c1-11-9-24(14-2-3-16(20)17(21)7-14)19(27)18-15(8-23-25(11)18)12-4-5-22-13(6-12)10-26;/h2-8,11,26H,9-10H2,1H3;1H2/t11-;/m0./s1. The Bertz CT molecular complexity index is 1040. The number of aliphatic hydroxyl groups excluding tert-OH is 1. The molecule has 0 spiro atoms. The van der Waals surface area contributed by atoms with E-state index in [1.54, 1.807) is 52.3 Å². The van der Waals surface area contributed by atoms with Crippen molar-refractivity contribution in [2.75, 3.05) is 11.4 Å². The summed E-state index contributed by atoms with van der Waals surface area (Å²) in [7, 11) is 0. The van der Waals surface area contributed by atoms with Crippen LogP contribution >= 0.6 is 36.7 Å². The van der Waals surface area contributed by atoms with Gasteiger partial charge in [0.1, 0.15) is 5.69 Å². The van der Waals surface area contributed by atoms with E-state index >= 15 is 0 Å². The van der Waals surface area contributed by atoms with Gasteiger partial charge in [0, 0.05) is 24.0 Å². The van der Waals surface area contributed by atoms with Crippen LogP contribution in [-0.4, -0.2) is 32.3 Å². The Labute approximate surface area is 179 Å². The summed E-state index contributed by atoms with van der Waals surface area (Å²) < 4.78 is 1.74. The summed E-state index contributed by atoms with van der Waals surface area (Å²) in [5.74, 6) is -0.165. The molecule has 3 aromatic rings. The summed E-state index contributed by atoms with van der Waals surface area (Å²) in [4.78, 5) is 19.1. The van der Waals surface area contributed by atoms with Gasteiger partial charge in [-0.25, -0.2) is 0 Å². The van der Waals surface area contributed by atoms with Gasteiger partial charge in [-0.2, -0.15) is 18.6 Å². The van der Waals surface area contributed by atoms with Crippen molar-refractivity contribution in [1.29, 1.82) is 0 Å². The van der Waals surface area contributed by atoms with E-state index in [1.165, 1.54) is 0 Å². The van der Waals surface area contributed by atoms with Crippen LogP contribution < -0.4 is 4.90 Å². The fourth-order valence-corrected chi connectivity index (χ4v) is 3.57. The fraction of sp³-hybridized carbons (Fsp3) is 0.211. The first-order valence-electron chi connectivity index (χ1n) is 8.40. The minimum absolute atomic E-state index is 0. The Hall–Kier alpha value is -2.06. The Morgan fingerprint density at radius 2 is 2.00 bits per heavy atom. The molecule has 1 aliphatic rings. The second-order valence-electron chi connectivity index (χ2n) is 6.41. The predicted molar refractivity (Wildman–Crippen MR) is 115 cm³/mol. The van der Waals surface area contributed by atoms with Crippen LogP contribution in [0, 0.1) is 0 Å². The first-order chi connectivity index (χ1) is 13.0. The molecule has 1 aromatic carbocycles. The molecule has 9 heteroatoms. The summed E-state index contributed by atoms with van der Waals surface area (Å²) in [5.41, 5.74) is 3.20. The third-order valence-corrected chi connectivity index (χ3v) is 5.35. The molecule has 1 atom stereocenters. The number of hydrogen-bond donors (Lipinski definition) is 1. The van der Waals surface area contributed by atoms with E-state index in [9.17, 15) is 9.90 Å². The molecular weight excluding hydrogens is 419 g/mol. The SMILES string of the molecule is C[C@H]1CN(c2ccc(Cl)c(Cl)c2)C(=O)c2c(-c3ccnc(CO)c3)cnn21.S. The number of rotatable bonds is 3. The van der Waals surface area contributed by atoms with Crippen molar-refractivity contribution in [3.8, 4) is 11.1 Å². The average Bonchev–Trinajstić information content (AvgIpc) is 3.13. The highest BCUT2D eigenvalue weighted by molar-refractivity contribution is 7.59. The highest BCUT2D eigenvalue weighted by Gasteiger charge is 2.33. The van der Waals surface area contributed by atoms with Crippen LogP contribution in [0.25, 0.3) is 11.1 Å². The van der Waals surface area contributed by atoms with Crippen LogP contribution in [0.4, 0.5) is 5.69 Å². The van der Waals surface area contributed by atoms with Crippen molar-refractivity contribution in [2.45, 2.75) is 19.6 Å². The second-order valence-corrected chi connectivity index (χ2v) is 7.22. The van der Waals surface area contributed by atoms with Gasteiger partial charge >= 0.3 is 0 Å². The van der Waals surface area contributed by atoms with Crippen LogP contribution in [0.5, 0.6) is 0 Å². The van der Waals surface area contributed by atoms with Gasteiger partial charge in [-0.3, -0.25) is 14.5 Å². The topological polar surface area (TPSA) is 71.2 Å². The zero-order valence-electron chi connectivity index (χ0n) is 14.9. The van der Waals surface area contributed by atoms with Gasteiger partial charge < -0.3 is 10.0 Å². The Kier molecular flexibility index (Phi) is 6.00. The van der Waals surface area contributed by atoms with Crippen LogP contribution in [0.2, 0.25) is 10.0 Å². The molecule has 0 fully saturated rings. The Morgan fingerprint density at radius 1 is 1.21 bits per heavy atom. The summed E-state index contributed by atoms with van der Waals surface area (Å²) in [6.45, 7) is 2.31. The van der Waals surface area contributed by atoms with Crippen LogP contribution in [0.3, 0.4) is 0 Å². The number of benzene rings is 1. The number of aliphatic hydroxyl groups is 1. The molecule has 0 aliphatic carbocycles. The normalized spacial score (nSPS) is 15.9. The van der Waals surface area contributed by atoms with E-state index in [0.29, 0.717) is 39.2 Å². The van der Waals surface area contributed by atoms with Gasteiger partial charge in [-0.15, -0.1) is 0 Å². The maximum atomic E-state index is 13.3. The zero-order chi connectivity index (χ0) is 19.1. The zero-order valence-corrected chi connectivity index (χ0v) is 17.4. The predicted octanol–water partition coefficient (Wildman–Crippen LogP) is 4.08. The van der Waals surface area contributed by atoms with E-state index in [-0.39, 0.29) is 32.1 Å². The molecule has 0 radical (unpaired) electrons. The number of carbonyl (C=O) groups excluding carboxylic acids is 1. The van der Waals surface area contributed by atoms with Gasteiger partial charge in [0.05, 0.1) is 34.6 Å². The van der Waals surface area contributed by atoms with Crippen molar-refractivity contribution in [3.05, 3.63) is 64.2 Å². The van der Waals surface area contributed by atoms with E-state index in [2.05, 4.69) is 10.1 Å². The molecule has 1 N–H and O–H groups in total. The van der Waals surface area contributed by atoms with Gasteiger partial charge in [0.15, 0.2) is 0 Å². The number of carbonyl (C=O) groups is 1. The maximum Gasteiger partial charge on any atom is 0.277 e. The van der Waals surface area contributed by atoms with Crippen molar-refractivity contribution < 1.29 is 9.90 Å². The lowest BCUT2D eigenvalue weighted by atomic mass is 10.0. The molecule has 146 valence electrons. The Morgan fingerprint density at radius 3 is 2.71 bits per heavy atom. The van der Waals surface area contributed by atoms with Gasteiger partial charge in [-0.05, 0) is 42.8 Å². The number of halogens is 2. The quantitative estimate of drug-likeness (QED) is 0.671. The molecule has 0 bridgehead atoms. The van der Waals surface area contributed by atoms with Crippen molar-refractivity contribution >= 4 is 48.3 Å². The van der Waals surface area contributed by atoms with E-state index in [4.69, 9.17) is 23.2 Å². The monoisotopic (exact) mass is 436 g/mol. The molecule has 1 amide bonds. The van der Waals surface area contributed by atoms with E-state index < -0.39 is 0 Å². The fourth-order valence-electron chi connectivity index (χ4n) is 3.28. The number of anilines is 1. The number of hydrogen-bond acceptors (Lipinski definition) is 4.